The number of carbonyl (C=O) groups is 1. The van der Waals surface area contributed by atoms with Crippen LogP contribution in [-0.2, 0) is 4.79 Å². The summed E-state index contributed by atoms with van der Waals surface area (Å²) in [6, 6.07) is 4.05. The Labute approximate surface area is 127 Å². The quantitative estimate of drug-likeness (QED) is 0.906. The van der Waals surface area contributed by atoms with Crippen molar-refractivity contribution in [3.63, 3.8) is 0 Å². The first-order chi connectivity index (χ1) is 10.3. The molecule has 2 rings (SSSR count). The summed E-state index contributed by atoms with van der Waals surface area (Å²) < 4.78 is 0. The van der Waals surface area contributed by atoms with Gasteiger partial charge in [0, 0.05) is 12.4 Å². The fraction of sp³-hybridized carbons (Fsp3) is 0.647. The minimum atomic E-state index is 0.0928. The second-order valence-electron chi connectivity index (χ2n) is 5.85. The normalized spacial score (nSPS) is 18.5. The summed E-state index contributed by atoms with van der Waals surface area (Å²) in [5.74, 6) is 0.138. The molecule has 4 nitrogen and oxygen atoms in total. The first-order valence-corrected chi connectivity index (χ1v) is 8.21. The summed E-state index contributed by atoms with van der Waals surface area (Å²) in [5, 5.41) is 3.16. The number of hydrogen-bond acceptors (Lipinski definition) is 3. The van der Waals surface area contributed by atoms with Gasteiger partial charge in [-0.15, -0.1) is 0 Å². The molecule has 1 saturated heterocycles. The Bertz CT molecular complexity index is 413. The fourth-order valence-corrected chi connectivity index (χ4v) is 2.93. The summed E-state index contributed by atoms with van der Waals surface area (Å²) in [6.45, 7) is 4.74. The molecule has 0 aliphatic carbocycles. The third kappa shape index (κ3) is 5.46. The molecule has 1 unspecified atom stereocenters. The highest BCUT2D eigenvalue weighted by Gasteiger charge is 2.16. The number of likely N-dealkylation sites (tertiary alicyclic amines) is 1. The molecule has 1 aliphatic heterocycles. The molecule has 1 aliphatic rings. The largest absolute Gasteiger partial charge is 0.348 e. The minimum Gasteiger partial charge on any atom is -0.348 e. The second kappa shape index (κ2) is 8.78. The molecule has 1 atom stereocenters. The third-order valence-electron chi connectivity index (χ3n) is 4.17. The molecule has 2 heterocycles. The highest BCUT2D eigenvalue weighted by molar-refractivity contribution is 5.78. The van der Waals surface area contributed by atoms with Gasteiger partial charge >= 0.3 is 0 Å². The number of amides is 1. The first kappa shape index (κ1) is 16.0. The van der Waals surface area contributed by atoms with Crippen molar-refractivity contribution in [1.29, 1.82) is 0 Å². The summed E-state index contributed by atoms with van der Waals surface area (Å²) in [4.78, 5) is 18.6. The van der Waals surface area contributed by atoms with Gasteiger partial charge in [-0.3, -0.25) is 14.7 Å². The van der Waals surface area contributed by atoms with E-state index in [1.165, 1.54) is 32.1 Å². The molecular formula is C17H27N3O. The predicted octanol–water partition coefficient (Wildman–Crippen LogP) is 2.92. The van der Waals surface area contributed by atoms with Crippen molar-refractivity contribution >= 4 is 5.91 Å². The van der Waals surface area contributed by atoms with Crippen LogP contribution in [0, 0.1) is 0 Å². The van der Waals surface area contributed by atoms with Crippen LogP contribution < -0.4 is 5.32 Å². The Hall–Kier alpha value is -1.42. The molecule has 1 fully saturated rings. The zero-order valence-electron chi connectivity index (χ0n) is 13.1. The fourth-order valence-electron chi connectivity index (χ4n) is 2.93. The Balaban J connectivity index is 1.84. The van der Waals surface area contributed by atoms with Crippen molar-refractivity contribution in [2.24, 2.45) is 0 Å². The minimum absolute atomic E-state index is 0.0928. The van der Waals surface area contributed by atoms with Crippen molar-refractivity contribution in [2.45, 2.75) is 51.5 Å². The van der Waals surface area contributed by atoms with E-state index in [1.807, 2.05) is 12.1 Å². The van der Waals surface area contributed by atoms with Gasteiger partial charge in [-0.2, -0.15) is 0 Å². The van der Waals surface area contributed by atoms with E-state index in [4.69, 9.17) is 0 Å². The van der Waals surface area contributed by atoms with E-state index in [-0.39, 0.29) is 11.9 Å². The lowest BCUT2D eigenvalue weighted by Crippen LogP contribution is -2.40. The van der Waals surface area contributed by atoms with Gasteiger partial charge in [0.05, 0.1) is 12.6 Å². The van der Waals surface area contributed by atoms with Crippen LogP contribution in [0.3, 0.4) is 0 Å². The summed E-state index contributed by atoms with van der Waals surface area (Å²) >= 11 is 0. The molecule has 0 radical (unpaired) electrons. The van der Waals surface area contributed by atoms with E-state index in [0.717, 1.165) is 25.1 Å². The van der Waals surface area contributed by atoms with Gasteiger partial charge in [-0.25, -0.2) is 0 Å². The molecule has 1 aromatic heterocycles. The summed E-state index contributed by atoms with van der Waals surface area (Å²) in [6.07, 6.45) is 10.8. The number of nitrogens with one attached hydrogen (secondary N) is 1. The smallest absolute Gasteiger partial charge is 0.234 e. The van der Waals surface area contributed by atoms with Crippen LogP contribution in [0.2, 0.25) is 0 Å². The number of hydrogen-bond donors (Lipinski definition) is 1. The monoisotopic (exact) mass is 289 g/mol. The van der Waals surface area contributed by atoms with Crippen molar-refractivity contribution in [1.82, 2.24) is 15.2 Å². The van der Waals surface area contributed by atoms with Gasteiger partial charge in [0.25, 0.3) is 0 Å². The number of aromatic nitrogens is 1. The Morgan fingerprint density at radius 3 is 2.43 bits per heavy atom. The molecule has 21 heavy (non-hydrogen) atoms. The molecule has 1 N–H and O–H groups in total. The van der Waals surface area contributed by atoms with E-state index in [0.29, 0.717) is 6.54 Å². The Morgan fingerprint density at radius 2 is 1.81 bits per heavy atom. The van der Waals surface area contributed by atoms with E-state index >= 15 is 0 Å². The van der Waals surface area contributed by atoms with Crippen LogP contribution in [0.4, 0.5) is 0 Å². The van der Waals surface area contributed by atoms with Crippen molar-refractivity contribution in [3.8, 4) is 0 Å². The first-order valence-electron chi connectivity index (χ1n) is 8.21. The topological polar surface area (TPSA) is 45.2 Å². The van der Waals surface area contributed by atoms with Crippen LogP contribution in [0.25, 0.3) is 0 Å². The highest BCUT2D eigenvalue weighted by atomic mass is 16.2. The van der Waals surface area contributed by atoms with Crippen LogP contribution >= 0.6 is 0 Å². The number of pyridine rings is 1. The Kier molecular flexibility index (Phi) is 6.67. The molecule has 1 amide bonds. The standard InChI is InChI=1S/C17H27N3O/c1-2-16(15-8-10-18-11-9-15)19-17(21)14-20-12-6-4-3-5-7-13-20/h8-11,16H,2-7,12-14H2,1H3,(H,19,21). The van der Waals surface area contributed by atoms with Gasteiger partial charge < -0.3 is 5.32 Å². The van der Waals surface area contributed by atoms with Crippen LogP contribution in [0.1, 0.15) is 57.1 Å². The predicted molar refractivity (Wildman–Crippen MR) is 84.9 cm³/mol. The van der Waals surface area contributed by atoms with E-state index in [2.05, 4.69) is 22.1 Å². The maximum Gasteiger partial charge on any atom is 0.234 e. The maximum atomic E-state index is 12.3. The number of carbonyl (C=O) groups excluding carboxylic acids is 1. The van der Waals surface area contributed by atoms with Crippen LogP contribution in [-0.4, -0.2) is 35.4 Å². The van der Waals surface area contributed by atoms with Gasteiger partial charge in [-0.1, -0.05) is 26.2 Å². The lowest BCUT2D eigenvalue weighted by Gasteiger charge is -2.25. The molecule has 0 saturated carbocycles. The molecule has 116 valence electrons. The van der Waals surface area contributed by atoms with Gasteiger partial charge in [-0.05, 0) is 50.0 Å². The molecule has 0 bridgehead atoms. The molecular weight excluding hydrogens is 262 g/mol. The van der Waals surface area contributed by atoms with E-state index in [1.54, 1.807) is 12.4 Å². The molecule has 0 spiro atoms. The molecule has 0 aromatic carbocycles. The summed E-state index contributed by atoms with van der Waals surface area (Å²) in [5.41, 5.74) is 1.13. The third-order valence-corrected chi connectivity index (χ3v) is 4.17. The average molecular weight is 289 g/mol. The van der Waals surface area contributed by atoms with Gasteiger partial charge in [0.1, 0.15) is 0 Å². The maximum absolute atomic E-state index is 12.3. The van der Waals surface area contributed by atoms with Gasteiger partial charge in [0.2, 0.25) is 5.91 Å². The van der Waals surface area contributed by atoms with Gasteiger partial charge in [0.15, 0.2) is 0 Å². The van der Waals surface area contributed by atoms with E-state index in [9.17, 15) is 4.79 Å². The zero-order chi connectivity index (χ0) is 14.9. The summed E-state index contributed by atoms with van der Waals surface area (Å²) in [7, 11) is 0. The van der Waals surface area contributed by atoms with Crippen molar-refractivity contribution in [2.75, 3.05) is 19.6 Å². The van der Waals surface area contributed by atoms with Crippen LogP contribution in [0.15, 0.2) is 24.5 Å². The van der Waals surface area contributed by atoms with Crippen molar-refractivity contribution < 1.29 is 4.79 Å². The molecule has 1 aromatic rings. The van der Waals surface area contributed by atoms with Crippen LogP contribution in [0.5, 0.6) is 0 Å². The van der Waals surface area contributed by atoms with E-state index < -0.39 is 0 Å². The lowest BCUT2D eigenvalue weighted by molar-refractivity contribution is -0.123. The SMILES string of the molecule is CCC(NC(=O)CN1CCCCCCC1)c1ccncc1. The number of rotatable bonds is 5. The Morgan fingerprint density at radius 1 is 1.19 bits per heavy atom. The molecule has 4 heteroatoms. The number of nitrogens with zero attached hydrogens (tertiary/aromatic N) is 2. The lowest BCUT2D eigenvalue weighted by atomic mass is 10.1. The zero-order valence-corrected chi connectivity index (χ0v) is 13.1. The second-order valence-corrected chi connectivity index (χ2v) is 5.85. The highest BCUT2D eigenvalue weighted by Crippen LogP contribution is 2.15. The van der Waals surface area contributed by atoms with Crippen molar-refractivity contribution in [3.05, 3.63) is 30.1 Å². The average Bonchev–Trinajstić information content (AvgIpc) is 2.48.